The molecule has 3 rings (SSSR count). The lowest BCUT2D eigenvalue weighted by Crippen LogP contribution is -2.43. The van der Waals surface area contributed by atoms with Gasteiger partial charge in [-0.05, 0) is 36.2 Å². The number of aryl methyl sites for hydroxylation is 1. The molecule has 2 N–H and O–H groups in total. The van der Waals surface area contributed by atoms with Gasteiger partial charge in [-0.2, -0.15) is 0 Å². The zero-order valence-corrected chi connectivity index (χ0v) is 18.7. The molecule has 0 spiro atoms. The molecule has 168 valence electrons. The summed E-state index contributed by atoms with van der Waals surface area (Å²) in [5.41, 5.74) is 4.27. The van der Waals surface area contributed by atoms with E-state index in [4.69, 9.17) is 27.9 Å². The van der Waals surface area contributed by atoms with Crippen molar-refractivity contribution >= 4 is 52.6 Å². The van der Waals surface area contributed by atoms with Gasteiger partial charge in [0.15, 0.2) is 6.61 Å². The molecule has 1 aliphatic heterocycles. The number of hydrogen-bond acceptors (Lipinski definition) is 5. The van der Waals surface area contributed by atoms with Gasteiger partial charge < -0.3 is 10.1 Å². The normalized spacial score (nSPS) is 15.4. The fraction of sp³-hybridized carbons (Fsp3) is 0.273. The van der Waals surface area contributed by atoms with Crippen LogP contribution in [0, 0.1) is 5.92 Å². The number of benzene rings is 2. The molecule has 1 heterocycles. The number of carbonyl (C=O) groups is 4. The molecule has 10 heteroatoms. The summed E-state index contributed by atoms with van der Waals surface area (Å²) in [7, 11) is 0. The van der Waals surface area contributed by atoms with Gasteiger partial charge in [0.1, 0.15) is 0 Å². The standard InChI is InChI=1S/C22H21Cl2N3O5/c1-2-13-5-3-4-6-18(13)25-19(28)12-32-22(31)15-10-20(29)27(11-15)26-21(30)14-7-8-16(23)17(24)9-14/h3-9,15H,2,10-12H2,1H3,(H,25,28)(H,26,30)/t15-/m1/s1. The van der Waals surface area contributed by atoms with Crippen molar-refractivity contribution in [1.29, 1.82) is 0 Å². The molecule has 3 amide bonds. The molecular formula is C22H21Cl2N3O5. The summed E-state index contributed by atoms with van der Waals surface area (Å²) >= 11 is 11.7. The molecule has 8 nitrogen and oxygen atoms in total. The lowest BCUT2D eigenvalue weighted by molar-refractivity contribution is -0.151. The highest BCUT2D eigenvalue weighted by molar-refractivity contribution is 6.42. The second-order valence-electron chi connectivity index (χ2n) is 7.14. The number of nitrogens with zero attached hydrogens (tertiary/aromatic N) is 1. The van der Waals surface area contributed by atoms with Gasteiger partial charge in [-0.25, -0.2) is 0 Å². The number of anilines is 1. The molecule has 0 aliphatic carbocycles. The van der Waals surface area contributed by atoms with E-state index in [1.165, 1.54) is 18.2 Å². The highest BCUT2D eigenvalue weighted by Gasteiger charge is 2.36. The number of esters is 1. The van der Waals surface area contributed by atoms with E-state index >= 15 is 0 Å². The highest BCUT2D eigenvalue weighted by atomic mass is 35.5. The van der Waals surface area contributed by atoms with E-state index in [1.54, 1.807) is 12.1 Å². The second kappa shape index (κ2) is 10.5. The topological polar surface area (TPSA) is 105 Å². The van der Waals surface area contributed by atoms with E-state index in [-0.39, 0.29) is 23.6 Å². The fourth-order valence-electron chi connectivity index (χ4n) is 3.19. The average Bonchev–Trinajstić information content (AvgIpc) is 3.14. The van der Waals surface area contributed by atoms with Crippen LogP contribution < -0.4 is 10.7 Å². The Labute approximate surface area is 194 Å². The number of ether oxygens (including phenoxy) is 1. The zero-order chi connectivity index (χ0) is 23.3. The van der Waals surface area contributed by atoms with Crippen LogP contribution in [0.3, 0.4) is 0 Å². The van der Waals surface area contributed by atoms with Crippen molar-refractivity contribution in [2.24, 2.45) is 5.92 Å². The maximum atomic E-state index is 12.4. The molecule has 0 saturated carbocycles. The van der Waals surface area contributed by atoms with Crippen LogP contribution >= 0.6 is 23.2 Å². The minimum Gasteiger partial charge on any atom is -0.455 e. The van der Waals surface area contributed by atoms with E-state index in [0.717, 1.165) is 17.0 Å². The van der Waals surface area contributed by atoms with Crippen molar-refractivity contribution in [3.8, 4) is 0 Å². The molecule has 0 radical (unpaired) electrons. The first-order valence-corrected chi connectivity index (χ1v) is 10.6. The molecule has 2 aromatic carbocycles. The zero-order valence-electron chi connectivity index (χ0n) is 17.2. The lowest BCUT2D eigenvalue weighted by Gasteiger charge is -2.17. The number of nitrogens with one attached hydrogen (secondary N) is 2. The van der Waals surface area contributed by atoms with Crippen LogP contribution in [0.1, 0.15) is 29.3 Å². The van der Waals surface area contributed by atoms with Gasteiger partial charge in [0.05, 0.1) is 22.5 Å². The second-order valence-corrected chi connectivity index (χ2v) is 7.96. The number of hydrogen-bond donors (Lipinski definition) is 2. The minimum absolute atomic E-state index is 0.0645. The first-order valence-electron chi connectivity index (χ1n) is 9.89. The predicted octanol–water partition coefficient (Wildman–Crippen LogP) is 3.23. The molecule has 1 atom stereocenters. The Balaban J connectivity index is 1.50. The van der Waals surface area contributed by atoms with Crippen molar-refractivity contribution < 1.29 is 23.9 Å². The summed E-state index contributed by atoms with van der Waals surface area (Å²) in [5.74, 6) is -2.98. The molecule has 1 saturated heterocycles. The Bertz CT molecular complexity index is 1060. The van der Waals surface area contributed by atoms with Crippen molar-refractivity contribution in [3.05, 3.63) is 63.6 Å². The van der Waals surface area contributed by atoms with E-state index in [9.17, 15) is 19.2 Å². The molecule has 0 aromatic heterocycles. The third kappa shape index (κ3) is 5.77. The van der Waals surface area contributed by atoms with E-state index in [0.29, 0.717) is 10.7 Å². The van der Waals surface area contributed by atoms with Crippen LogP contribution in [0.2, 0.25) is 10.0 Å². The molecule has 0 bridgehead atoms. The summed E-state index contributed by atoms with van der Waals surface area (Å²) < 4.78 is 5.07. The highest BCUT2D eigenvalue weighted by Crippen LogP contribution is 2.23. The van der Waals surface area contributed by atoms with Crippen LogP contribution in [0.5, 0.6) is 0 Å². The SMILES string of the molecule is CCc1ccccc1NC(=O)COC(=O)[C@@H]1CC(=O)N(NC(=O)c2ccc(Cl)c(Cl)c2)C1. The Morgan fingerprint density at radius 3 is 2.59 bits per heavy atom. The van der Waals surface area contributed by atoms with Gasteiger partial charge in [-0.3, -0.25) is 29.6 Å². The van der Waals surface area contributed by atoms with Gasteiger partial charge in [0.25, 0.3) is 11.8 Å². The van der Waals surface area contributed by atoms with Gasteiger partial charge in [0.2, 0.25) is 5.91 Å². The largest absolute Gasteiger partial charge is 0.455 e. The quantitative estimate of drug-likeness (QED) is 0.595. The van der Waals surface area contributed by atoms with Crippen molar-refractivity contribution in [2.45, 2.75) is 19.8 Å². The fourth-order valence-corrected chi connectivity index (χ4v) is 3.49. The summed E-state index contributed by atoms with van der Waals surface area (Å²) in [6.07, 6.45) is 0.602. The van der Waals surface area contributed by atoms with Crippen LogP contribution in [0.4, 0.5) is 5.69 Å². The van der Waals surface area contributed by atoms with E-state index in [2.05, 4.69) is 10.7 Å². The average molecular weight is 478 g/mol. The Morgan fingerprint density at radius 2 is 1.88 bits per heavy atom. The molecular weight excluding hydrogens is 457 g/mol. The van der Waals surface area contributed by atoms with Crippen LogP contribution in [0.15, 0.2) is 42.5 Å². The van der Waals surface area contributed by atoms with Crippen LogP contribution in [0.25, 0.3) is 0 Å². The lowest BCUT2D eigenvalue weighted by atomic mass is 10.1. The third-order valence-electron chi connectivity index (χ3n) is 4.89. The molecule has 2 aromatic rings. The van der Waals surface area contributed by atoms with Crippen molar-refractivity contribution in [2.75, 3.05) is 18.5 Å². The number of rotatable bonds is 7. The Hall–Kier alpha value is -3.10. The van der Waals surface area contributed by atoms with Gasteiger partial charge in [0, 0.05) is 17.7 Å². The van der Waals surface area contributed by atoms with E-state index in [1.807, 2.05) is 19.1 Å². The summed E-state index contributed by atoms with van der Waals surface area (Å²) in [4.78, 5) is 49.0. The maximum Gasteiger partial charge on any atom is 0.311 e. The Morgan fingerprint density at radius 1 is 1.12 bits per heavy atom. The first kappa shape index (κ1) is 23.6. The van der Waals surface area contributed by atoms with Gasteiger partial charge in [-0.1, -0.05) is 48.3 Å². The van der Waals surface area contributed by atoms with Crippen LogP contribution in [-0.2, 0) is 25.5 Å². The van der Waals surface area contributed by atoms with Gasteiger partial charge >= 0.3 is 5.97 Å². The maximum absolute atomic E-state index is 12.4. The minimum atomic E-state index is -0.799. The number of carbonyl (C=O) groups excluding carboxylic acids is 4. The molecule has 1 aliphatic rings. The van der Waals surface area contributed by atoms with Crippen LogP contribution in [-0.4, -0.2) is 41.9 Å². The van der Waals surface area contributed by atoms with Crippen molar-refractivity contribution in [1.82, 2.24) is 10.4 Å². The summed E-state index contributed by atoms with van der Waals surface area (Å²) in [6, 6.07) is 11.6. The summed E-state index contributed by atoms with van der Waals surface area (Å²) in [5, 5.41) is 4.26. The number of amides is 3. The number of para-hydroxylation sites is 1. The summed E-state index contributed by atoms with van der Waals surface area (Å²) in [6.45, 7) is 1.43. The van der Waals surface area contributed by atoms with E-state index < -0.39 is 36.2 Å². The van der Waals surface area contributed by atoms with Gasteiger partial charge in [-0.15, -0.1) is 0 Å². The molecule has 0 unspecified atom stereocenters. The van der Waals surface area contributed by atoms with Crippen molar-refractivity contribution in [3.63, 3.8) is 0 Å². The predicted molar refractivity (Wildman–Crippen MR) is 119 cm³/mol. The number of hydrazine groups is 1. The number of halogens is 2. The third-order valence-corrected chi connectivity index (χ3v) is 5.63. The monoisotopic (exact) mass is 477 g/mol. The molecule has 1 fully saturated rings. The first-order chi connectivity index (χ1) is 15.3. The molecule has 32 heavy (non-hydrogen) atoms. The smallest absolute Gasteiger partial charge is 0.311 e. The Kier molecular flexibility index (Phi) is 7.71.